The predicted octanol–water partition coefficient (Wildman–Crippen LogP) is 5.10. The largest absolute Gasteiger partial charge is 0.486 e. The van der Waals surface area contributed by atoms with Crippen molar-refractivity contribution in [1.82, 2.24) is 0 Å². The molecule has 0 aromatic heterocycles. The first-order chi connectivity index (χ1) is 10.1. The lowest BCUT2D eigenvalue weighted by atomic mass is 10.00. The highest BCUT2D eigenvalue weighted by Crippen LogP contribution is 2.41. The van der Waals surface area contributed by atoms with Gasteiger partial charge < -0.3 is 9.47 Å². The standard InChI is InChI=1S/C17H16BrClO2/c1-11-4-2-3-5-12(11)8-14(18)13-9-16-17(10-15(13)19)21-7-6-20-16/h2-5,9-10,14H,6-8H2,1H3. The summed E-state index contributed by atoms with van der Waals surface area (Å²) in [4.78, 5) is 0.141. The van der Waals surface area contributed by atoms with Gasteiger partial charge in [0.25, 0.3) is 0 Å². The van der Waals surface area contributed by atoms with Gasteiger partial charge in [-0.3, -0.25) is 0 Å². The average molecular weight is 368 g/mol. The molecule has 0 bridgehead atoms. The predicted molar refractivity (Wildman–Crippen MR) is 89.0 cm³/mol. The number of halogens is 2. The number of benzene rings is 2. The van der Waals surface area contributed by atoms with E-state index < -0.39 is 0 Å². The minimum absolute atomic E-state index is 0.141. The van der Waals surface area contributed by atoms with Crippen LogP contribution in [-0.4, -0.2) is 13.2 Å². The second-order valence-electron chi connectivity index (χ2n) is 5.12. The van der Waals surface area contributed by atoms with Crippen molar-refractivity contribution in [2.24, 2.45) is 0 Å². The summed E-state index contributed by atoms with van der Waals surface area (Å²) in [5, 5.41) is 0.703. The zero-order valence-corrected chi connectivity index (χ0v) is 14.1. The number of alkyl halides is 1. The van der Waals surface area contributed by atoms with Crippen LogP contribution >= 0.6 is 27.5 Å². The molecule has 21 heavy (non-hydrogen) atoms. The first kappa shape index (κ1) is 14.7. The fraction of sp³-hybridized carbons (Fsp3) is 0.294. The van der Waals surface area contributed by atoms with E-state index in [0.717, 1.165) is 23.5 Å². The van der Waals surface area contributed by atoms with Gasteiger partial charge in [-0.1, -0.05) is 51.8 Å². The first-order valence-electron chi connectivity index (χ1n) is 6.93. The van der Waals surface area contributed by atoms with E-state index in [1.165, 1.54) is 11.1 Å². The molecule has 0 amide bonds. The Hall–Kier alpha value is -1.19. The molecule has 0 radical (unpaired) electrons. The minimum atomic E-state index is 0.141. The van der Waals surface area contributed by atoms with Crippen molar-refractivity contribution < 1.29 is 9.47 Å². The van der Waals surface area contributed by atoms with Crippen molar-refractivity contribution in [3.8, 4) is 11.5 Å². The third-order valence-electron chi connectivity index (χ3n) is 3.66. The van der Waals surface area contributed by atoms with Gasteiger partial charge in [-0.15, -0.1) is 0 Å². The molecule has 1 unspecified atom stereocenters. The van der Waals surface area contributed by atoms with E-state index >= 15 is 0 Å². The topological polar surface area (TPSA) is 18.5 Å². The fourth-order valence-corrected chi connectivity index (χ4v) is 3.61. The molecule has 1 aliphatic heterocycles. The smallest absolute Gasteiger partial charge is 0.162 e. The monoisotopic (exact) mass is 366 g/mol. The Labute approximate surface area is 138 Å². The summed E-state index contributed by atoms with van der Waals surface area (Å²) in [5.41, 5.74) is 3.63. The molecular weight excluding hydrogens is 352 g/mol. The second-order valence-corrected chi connectivity index (χ2v) is 6.63. The number of ether oxygens (including phenoxy) is 2. The maximum Gasteiger partial charge on any atom is 0.162 e. The van der Waals surface area contributed by atoms with Crippen molar-refractivity contribution in [3.05, 3.63) is 58.1 Å². The van der Waals surface area contributed by atoms with Gasteiger partial charge in [0.15, 0.2) is 11.5 Å². The van der Waals surface area contributed by atoms with Crippen LogP contribution in [0.2, 0.25) is 5.02 Å². The molecule has 1 atom stereocenters. The Kier molecular flexibility index (Phi) is 4.41. The zero-order valence-electron chi connectivity index (χ0n) is 11.7. The lowest BCUT2D eigenvalue weighted by molar-refractivity contribution is 0.171. The van der Waals surface area contributed by atoms with Gasteiger partial charge in [0, 0.05) is 15.9 Å². The van der Waals surface area contributed by atoms with Gasteiger partial charge in [0.05, 0.1) is 0 Å². The van der Waals surface area contributed by atoms with E-state index in [1.807, 2.05) is 12.1 Å². The average Bonchev–Trinajstić information content (AvgIpc) is 2.49. The molecule has 4 heteroatoms. The second kappa shape index (κ2) is 6.29. The molecule has 2 aromatic carbocycles. The van der Waals surface area contributed by atoms with Crippen LogP contribution in [0, 0.1) is 6.92 Å². The lowest BCUT2D eigenvalue weighted by Crippen LogP contribution is -2.15. The first-order valence-corrected chi connectivity index (χ1v) is 8.22. The van der Waals surface area contributed by atoms with Crippen molar-refractivity contribution in [3.63, 3.8) is 0 Å². The molecule has 110 valence electrons. The van der Waals surface area contributed by atoms with E-state index in [9.17, 15) is 0 Å². The number of rotatable bonds is 3. The van der Waals surface area contributed by atoms with Crippen LogP contribution in [0.3, 0.4) is 0 Å². The van der Waals surface area contributed by atoms with Gasteiger partial charge in [-0.2, -0.15) is 0 Å². The quantitative estimate of drug-likeness (QED) is 0.703. The van der Waals surface area contributed by atoms with E-state index in [1.54, 1.807) is 0 Å². The summed E-state index contributed by atoms with van der Waals surface area (Å²) in [6.45, 7) is 3.28. The van der Waals surface area contributed by atoms with Crippen LogP contribution in [0.5, 0.6) is 11.5 Å². The van der Waals surface area contributed by atoms with Gasteiger partial charge in [-0.25, -0.2) is 0 Å². The molecule has 0 N–H and O–H groups in total. The highest BCUT2D eigenvalue weighted by Gasteiger charge is 2.19. The summed E-state index contributed by atoms with van der Waals surface area (Å²) in [7, 11) is 0. The maximum absolute atomic E-state index is 6.40. The molecule has 0 saturated carbocycles. The summed E-state index contributed by atoms with van der Waals surface area (Å²) in [6, 6.07) is 12.2. The van der Waals surface area contributed by atoms with Gasteiger partial charge in [0.1, 0.15) is 13.2 Å². The molecule has 0 spiro atoms. The van der Waals surface area contributed by atoms with Gasteiger partial charge in [-0.05, 0) is 36.1 Å². The lowest BCUT2D eigenvalue weighted by Gasteiger charge is -2.21. The summed E-state index contributed by atoms with van der Waals surface area (Å²) < 4.78 is 11.2. The van der Waals surface area contributed by atoms with Crippen molar-refractivity contribution >= 4 is 27.5 Å². The van der Waals surface area contributed by atoms with Crippen LogP contribution in [0.4, 0.5) is 0 Å². The molecule has 0 saturated heterocycles. The van der Waals surface area contributed by atoms with Crippen LogP contribution in [0.1, 0.15) is 21.5 Å². The van der Waals surface area contributed by atoms with Gasteiger partial charge >= 0.3 is 0 Å². The Balaban J connectivity index is 1.87. The van der Waals surface area contributed by atoms with Crippen LogP contribution in [0.25, 0.3) is 0 Å². The number of fused-ring (bicyclic) bond motifs is 1. The Morgan fingerprint density at radius 2 is 1.81 bits per heavy atom. The molecule has 1 aliphatic rings. The Morgan fingerprint density at radius 3 is 2.52 bits per heavy atom. The van der Waals surface area contributed by atoms with E-state index in [-0.39, 0.29) is 4.83 Å². The zero-order chi connectivity index (χ0) is 14.8. The molecule has 3 rings (SSSR count). The SMILES string of the molecule is Cc1ccccc1CC(Br)c1cc2c(cc1Cl)OCCO2. The minimum Gasteiger partial charge on any atom is -0.486 e. The molecule has 2 nitrogen and oxygen atoms in total. The van der Waals surface area contributed by atoms with Gasteiger partial charge in [0.2, 0.25) is 0 Å². The third-order valence-corrected chi connectivity index (χ3v) is 4.80. The van der Waals surface area contributed by atoms with Crippen molar-refractivity contribution in [2.45, 2.75) is 18.2 Å². The van der Waals surface area contributed by atoms with E-state index in [0.29, 0.717) is 18.2 Å². The Bertz CT molecular complexity index is 657. The highest BCUT2D eigenvalue weighted by atomic mass is 79.9. The molecule has 2 aromatic rings. The van der Waals surface area contributed by atoms with E-state index in [4.69, 9.17) is 21.1 Å². The van der Waals surface area contributed by atoms with Crippen molar-refractivity contribution in [1.29, 1.82) is 0 Å². The Morgan fingerprint density at radius 1 is 1.14 bits per heavy atom. The normalized spacial score (nSPS) is 14.8. The molecule has 0 fully saturated rings. The summed E-state index contributed by atoms with van der Waals surface area (Å²) in [5.74, 6) is 1.50. The van der Waals surface area contributed by atoms with Crippen LogP contribution in [-0.2, 0) is 6.42 Å². The molecule has 0 aliphatic carbocycles. The van der Waals surface area contributed by atoms with Crippen molar-refractivity contribution in [2.75, 3.05) is 13.2 Å². The van der Waals surface area contributed by atoms with Crippen LogP contribution < -0.4 is 9.47 Å². The number of hydrogen-bond acceptors (Lipinski definition) is 2. The van der Waals surface area contributed by atoms with E-state index in [2.05, 4.69) is 47.1 Å². The third kappa shape index (κ3) is 3.19. The van der Waals surface area contributed by atoms with Crippen LogP contribution in [0.15, 0.2) is 36.4 Å². The maximum atomic E-state index is 6.40. The highest BCUT2D eigenvalue weighted by molar-refractivity contribution is 9.09. The number of hydrogen-bond donors (Lipinski definition) is 0. The molecular formula is C17H16BrClO2. The molecule has 1 heterocycles. The fourth-order valence-electron chi connectivity index (χ4n) is 2.46. The summed E-state index contributed by atoms with van der Waals surface area (Å²) in [6.07, 6.45) is 0.881. The summed E-state index contributed by atoms with van der Waals surface area (Å²) >= 11 is 10.2. The number of aryl methyl sites for hydroxylation is 1.